The smallest absolute Gasteiger partial charge is 0.263 e. The summed E-state index contributed by atoms with van der Waals surface area (Å²) in [6, 6.07) is 17.1. The fourth-order valence-electron chi connectivity index (χ4n) is 1.95. The van der Waals surface area contributed by atoms with E-state index >= 15 is 0 Å². The molecule has 0 fully saturated rings. The van der Waals surface area contributed by atoms with Gasteiger partial charge in [0.05, 0.1) is 10.6 Å². The molecular weight excluding hydrogens is 322 g/mol. The molecule has 0 spiro atoms. The highest BCUT2D eigenvalue weighted by atomic mass is 35.5. The van der Waals surface area contributed by atoms with Gasteiger partial charge < -0.3 is 0 Å². The maximum atomic E-state index is 12.3. The second-order valence-electron chi connectivity index (χ2n) is 4.59. The molecule has 0 radical (unpaired) electrons. The molecule has 0 saturated heterocycles. The lowest BCUT2D eigenvalue weighted by Crippen LogP contribution is -2.13. The summed E-state index contributed by atoms with van der Waals surface area (Å²) in [5.41, 5.74) is 1.65. The van der Waals surface area contributed by atoms with Crippen molar-refractivity contribution in [3.63, 3.8) is 0 Å². The minimum absolute atomic E-state index is 0.126. The number of sulfonamides is 1. The summed E-state index contributed by atoms with van der Waals surface area (Å²) in [7, 11) is -3.69. The van der Waals surface area contributed by atoms with Crippen LogP contribution in [0.4, 0.5) is 5.82 Å². The van der Waals surface area contributed by atoms with Crippen molar-refractivity contribution in [2.45, 2.75) is 4.90 Å². The van der Waals surface area contributed by atoms with Gasteiger partial charge in [0.1, 0.15) is 0 Å². The first-order valence-electron chi connectivity index (χ1n) is 6.44. The van der Waals surface area contributed by atoms with Crippen molar-refractivity contribution in [1.82, 2.24) is 10.2 Å². The van der Waals surface area contributed by atoms with E-state index in [1.165, 1.54) is 24.3 Å². The Bertz CT molecular complexity index is 875. The SMILES string of the molecule is O=S(=O)(Nc1cc(-c2ccccc2)[nH]n1)c1ccc(Cl)cc1. The number of nitrogens with zero attached hydrogens (tertiary/aromatic N) is 1. The van der Waals surface area contributed by atoms with E-state index in [1.807, 2.05) is 30.3 Å². The Labute approximate surface area is 133 Å². The summed E-state index contributed by atoms with van der Waals surface area (Å²) in [5.74, 6) is 0.230. The predicted octanol–water partition coefficient (Wildman–Crippen LogP) is 3.53. The van der Waals surface area contributed by atoms with Gasteiger partial charge in [-0.3, -0.25) is 9.82 Å². The second kappa shape index (κ2) is 5.82. The van der Waals surface area contributed by atoms with Crippen molar-refractivity contribution in [3.8, 4) is 11.3 Å². The lowest BCUT2D eigenvalue weighted by Gasteiger charge is -2.04. The van der Waals surface area contributed by atoms with Crippen LogP contribution in [0.3, 0.4) is 0 Å². The van der Waals surface area contributed by atoms with Crippen LogP contribution in [0.15, 0.2) is 65.6 Å². The largest absolute Gasteiger partial charge is 0.276 e. The van der Waals surface area contributed by atoms with Gasteiger partial charge in [0.25, 0.3) is 10.0 Å². The number of aromatic nitrogens is 2. The van der Waals surface area contributed by atoms with Gasteiger partial charge in [0.2, 0.25) is 0 Å². The molecule has 0 aliphatic carbocycles. The number of H-pyrrole nitrogens is 1. The first-order chi connectivity index (χ1) is 10.5. The summed E-state index contributed by atoms with van der Waals surface area (Å²) in [5, 5.41) is 7.26. The number of anilines is 1. The third kappa shape index (κ3) is 3.13. The van der Waals surface area contributed by atoms with E-state index in [4.69, 9.17) is 11.6 Å². The van der Waals surface area contributed by atoms with Gasteiger partial charge in [-0.05, 0) is 29.8 Å². The van der Waals surface area contributed by atoms with Crippen LogP contribution in [-0.2, 0) is 10.0 Å². The van der Waals surface area contributed by atoms with Crippen LogP contribution in [-0.4, -0.2) is 18.6 Å². The van der Waals surface area contributed by atoms with Crippen LogP contribution < -0.4 is 4.72 Å². The zero-order valence-corrected chi connectivity index (χ0v) is 12.9. The predicted molar refractivity (Wildman–Crippen MR) is 86.3 cm³/mol. The molecule has 0 amide bonds. The zero-order chi connectivity index (χ0) is 15.6. The maximum Gasteiger partial charge on any atom is 0.263 e. The highest BCUT2D eigenvalue weighted by Crippen LogP contribution is 2.21. The van der Waals surface area contributed by atoms with E-state index in [0.29, 0.717) is 5.02 Å². The van der Waals surface area contributed by atoms with Crippen LogP contribution in [0.2, 0.25) is 5.02 Å². The number of rotatable bonds is 4. The van der Waals surface area contributed by atoms with Gasteiger partial charge in [-0.15, -0.1) is 0 Å². The molecule has 112 valence electrons. The second-order valence-corrected chi connectivity index (χ2v) is 6.71. The summed E-state index contributed by atoms with van der Waals surface area (Å²) in [4.78, 5) is 0.126. The Hall–Kier alpha value is -2.31. The molecule has 2 aromatic carbocycles. The van der Waals surface area contributed by atoms with Gasteiger partial charge in [-0.2, -0.15) is 5.10 Å². The highest BCUT2D eigenvalue weighted by molar-refractivity contribution is 7.92. The monoisotopic (exact) mass is 333 g/mol. The van der Waals surface area contributed by atoms with E-state index in [2.05, 4.69) is 14.9 Å². The first kappa shape index (κ1) is 14.6. The fourth-order valence-corrected chi connectivity index (χ4v) is 3.07. The summed E-state index contributed by atoms with van der Waals surface area (Å²) in [6.45, 7) is 0. The van der Waals surface area contributed by atoms with E-state index in [1.54, 1.807) is 6.07 Å². The van der Waals surface area contributed by atoms with Crippen LogP contribution in [0, 0.1) is 0 Å². The summed E-state index contributed by atoms with van der Waals surface area (Å²) < 4.78 is 26.9. The van der Waals surface area contributed by atoms with Gasteiger partial charge in [0, 0.05) is 11.1 Å². The molecule has 5 nitrogen and oxygen atoms in total. The van der Waals surface area contributed by atoms with Crippen molar-refractivity contribution in [1.29, 1.82) is 0 Å². The molecular formula is C15H12ClN3O2S. The third-order valence-electron chi connectivity index (χ3n) is 3.03. The van der Waals surface area contributed by atoms with Crippen molar-refractivity contribution in [2.24, 2.45) is 0 Å². The van der Waals surface area contributed by atoms with Crippen LogP contribution in [0.5, 0.6) is 0 Å². The standard InChI is InChI=1S/C15H12ClN3O2S/c16-12-6-8-13(9-7-12)22(20,21)19-15-10-14(17-18-15)11-4-2-1-3-5-11/h1-10H,(H2,17,18,19). The Kier molecular flexibility index (Phi) is 3.87. The quantitative estimate of drug-likeness (QED) is 0.767. The first-order valence-corrected chi connectivity index (χ1v) is 8.30. The summed E-state index contributed by atoms with van der Waals surface area (Å²) in [6.07, 6.45) is 0. The van der Waals surface area contributed by atoms with Gasteiger partial charge in [-0.1, -0.05) is 41.9 Å². The van der Waals surface area contributed by atoms with Crippen molar-refractivity contribution < 1.29 is 8.42 Å². The van der Waals surface area contributed by atoms with Crippen molar-refractivity contribution in [2.75, 3.05) is 4.72 Å². The molecule has 22 heavy (non-hydrogen) atoms. The number of hydrogen-bond acceptors (Lipinski definition) is 3. The average molecular weight is 334 g/mol. The van der Waals surface area contributed by atoms with Crippen LogP contribution in [0.1, 0.15) is 0 Å². The Morgan fingerprint density at radius 2 is 1.68 bits per heavy atom. The highest BCUT2D eigenvalue weighted by Gasteiger charge is 2.15. The molecule has 0 saturated carbocycles. The normalized spacial score (nSPS) is 11.3. The molecule has 1 heterocycles. The van der Waals surface area contributed by atoms with Gasteiger partial charge in [-0.25, -0.2) is 8.42 Å². The molecule has 3 aromatic rings. The minimum atomic E-state index is -3.69. The minimum Gasteiger partial charge on any atom is -0.276 e. The molecule has 0 aliphatic heterocycles. The number of halogens is 1. The van der Waals surface area contributed by atoms with Gasteiger partial charge >= 0.3 is 0 Å². The van der Waals surface area contributed by atoms with Gasteiger partial charge in [0.15, 0.2) is 5.82 Å². The topological polar surface area (TPSA) is 74.8 Å². The number of nitrogens with one attached hydrogen (secondary N) is 2. The number of aromatic amines is 1. The molecule has 0 atom stereocenters. The van der Waals surface area contributed by atoms with Crippen LogP contribution in [0.25, 0.3) is 11.3 Å². The number of hydrogen-bond donors (Lipinski definition) is 2. The fraction of sp³-hybridized carbons (Fsp3) is 0. The van der Waals surface area contributed by atoms with E-state index in [-0.39, 0.29) is 10.7 Å². The molecule has 7 heteroatoms. The molecule has 0 unspecified atom stereocenters. The molecule has 0 aliphatic rings. The molecule has 1 aromatic heterocycles. The Morgan fingerprint density at radius 1 is 1.00 bits per heavy atom. The van der Waals surface area contributed by atoms with Crippen molar-refractivity contribution in [3.05, 3.63) is 65.7 Å². The summed E-state index contributed by atoms with van der Waals surface area (Å²) >= 11 is 5.76. The maximum absolute atomic E-state index is 12.3. The average Bonchev–Trinajstić information content (AvgIpc) is 2.96. The molecule has 0 bridgehead atoms. The zero-order valence-electron chi connectivity index (χ0n) is 11.3. The van der Waals surface area contributed by atoms with E-state index in [0.717, 1.165) is 11.3 Å². The van der Waals surface area contributed by atoms with Crippen molar-refractivity contribution >= 4 is 27.4 Å². The molecule has 3 rings (SSSR count). The Balaban J connectivity index is 1.84. The van der Waals surface area contributed by atoms with E-state index in [9.17, 15) is 8.42 Å². The van der Waals surface area contributed by atoms with Crippen LogP contribution >= 0.6 is 11.6 Å². The molecule has 2 N–H and O–H groups in total. The Morgan fingerprint density at radius 3 is 2.36 bits per heavy atom. The lowest BCUT2D eigenvalue weighted by atomic mass is 10.2. The lowest BCUT2D eigenvalue weighted by molar-refractivity contribution is 0.601. The number of benzene rings is 2. The third-order valence-corrected chi connectivity index (χ3v) is 4.65. The van der Waals surface area contributed by atoms with E-state index < -0.39 is 10.0 Å².